The van der Waals surface area contributed by atoms with Crippen LogP contribution in [0.5, 0.6) is 0 Å². The predicted molar refractivity (Wildman–Crippen MR) is 98.6 cm³/mol. The Bertz CT molecular complexity index is 295. The van der Waals surface area contributed by atoms with Crippen molar-refractivity contribution in [2.75, 3.05) is 0 Å². The summed E-state index contributed by atoms with van der Waals surface area (Å²) in [7, 11) is 0. The van der Waals surface area contributed by atoms with Crippen LogP contribution in [0, 0.1) is 17.8 Å². The fourth-order valence-corrected chi connectivity index (χ4v) is 2.48. The Labute approximate surface area is 134 Å². The molecule has 0 aromatic rings. The van der Waals surface area contributed by atoms with E-state index < -0.39 is 0 Å². The molecule has 0 saturated carbocycles. The van der Waals surface area contributed by atoms with E-state index in [1.165, 1.54) is 44.9 Å². The van der Waals surface area contributed by atoms with Gasteiger partial charge in [-0.1, -0.05) is 51.5 Å². The summed E-state index contributed by atoms with van der Waals surface area (Å²) in [6.45, 7) is 17.0. The van der Waals surface area contributed by atoms with Gasteiger partial charge in [-0.25, -0.2) is 0 Å². The van der Waals surface area contributed by atoms with E-state index in [1.807, 2.05) is 6.08 Å². The molecule has 0 heteroatoms. The Morgan fingerprint density at radius 1 is 0.952 bits per heavy atom. The summed E-state index contributed by atoms with van der Waals surface area (Å²) in [4.78, 5) is 0. The minimum Gasteiger partial charge on any atom is -0.103 e. The third kappa shape index (κ3) is 12.7. The van der Waals surface area contributed by atoms with Crippen molar-refractivity contribution in [3.8, 4) is 0 Å². The SMILES string of the molecule is C=CCCC(C)CCC(=CCC(C)C)CCCC(C)C=C. The standard InChI is InChI=1S/C21H38/c1-7-9-11-20(6)15-17-21(16-14-18(3)4)13-10-12-19(5)8-2/h7-8,16,18-20H,1-2,9-15,17H2,3-6H3. The van der Waals surface area contributed by atoms with Gasteiger partial charge < -0.3 is 0 Å². The normalized spacial score (nSPS) is 15.0. The zero-order chi connectivity index (χ0) is 16.1. The van der Waals surface area contributed by atoms with Gasteiger partial charge in [0.05, 0.1) is 0 Å². The van der Waals surface area contributed by atoms with Crippen molar-refractivity contribution < 1.29 is 0 Å². The summed E-state index contributed by atoms with van der Waals surface area (Å²) >= 11 is 0. The molecular weight excluding hydrogens is 252 g/mol. The highest BCUT2D eigenvalue weighted by Crippen LogP contribution is 2.22. The molecule has 0 aliphatic rings. The number of allylic oxidation sites excluding steroid dienone is 4. The number of hydrogen-bond donors (Lipinski definition) is 0. The lowest BCUT2D eigenvalue weighted by Gasteiger charge is -2.14. The highest BCUT2D eigenvalue weighted by Gasteiger charge is 2.05. The van der Waals surface area contributed by atoms with E-state index in [0.29, 0.717) is 5.92 Å². The molecule has 0 amide bonds. The minimum atomic E-state index is 0.655. The van der Waals surface area contributed by atoms with Gasteiger partial charge in [-0.3, -0.25) is 0 Å². The first-order chi connectivity index (χ1) is 9.99. The summed E-state index contributed by atoms with van der Waals surface area (Å²) in [6.07, 6.45) is 16.8. The number of hydrogen-bond acceptors (Lipinski definition) is 0. The number of rotatable bonds is 13. The van der Waals surface area contributed by atoms with Crippen molar-refractivity contribution >= 4 is 0 Å². The van der Waals surface area contributed by atoms with Crippen molar-refractivity contribution in [2.45, 2.75) is 79.1 Å². The maximum atomic E-state index is 3.88. The van der Waals surface area contributed by atoms with Gasteiger partial charge in [0.2, 0.25) is 0 Å². The zero-order valence-corrected chi connectivity index (χ0v) is 15.0. The average molecular weight is 291 g/mol. The Balaban J connectivity index is 4.22. The minimum absolute atomic E-state index is 0.655. The van der Waals surface area contributed by atoms with Gasteiger partial charge in [-0.05, 0) is 69.1 Å². The highest BCUT2D eigenvalue weighted by atomic mass is 14.1. The second kappa shape index (κ2) is 12.9. The first-order valence-corrected chi connectivity index (χ1v) is 8.90. The molecule has 0 saturated heterocycles. The van der Waals surface area contributed by atoms with Crippen LogP contribution in [-0.4, -0.2) is 0 Å². The maximum Gasteiger partial charge on any atom is -0.0265 e. The lowest BCUT2D eigenvalue weighted by molar-refractivity contribution is 0.488. The Morgan fingerprint density at radius 3 is 2.24 bits per heavy atom. The maximum absolute atomic E-state index is 3.88. The molecule has 0 aromatic heterocycles. The van der Waals surface area contributed by atoms with Gasteiger partial charge in [0.25, 0.3) is 0 Å². The van der Waals surface area contributed by atoms with Crippen molar-refractivity contribution in [1.82, 2.24) is 0 Å². The van der Waals surface area contributed by atoms with Crippen LogP contribution in [0.15, 0.2) is 37.0 Å². The van der Waals surface area contributed by atoms with Gasteiger partial charge >= 0.3 is 0 Å². The van der Waals surface area contributed by atoms with Crippen molar-refractivity contribution in [2.24, 2.45) is 17.8 Å². The largest absolute Gasteiger partial charge is 0.103 e. The second-order valence-corrected chi connectivity index (χ2v) is 7.11. The third-order valence-corrected chi connectivity index (χ3v) is 4.26. The molecule has 0 rings (SSSR count). The van der Waals surface area contributed by atoms with Crippen molar-refractivity contribution in [3.05, 3.63) is 37.0 Å². The molecule has 0 heterocycles. The lowest BCUT2D eigenvalue weighted by atomic mass is 9.92. The van der Waals surface area contributed by atoms with Crippen LogP contribution in [0.25, 0.3) is 0 Å². The molecule has 122 valence electrons. The summed E-state index contributed by atoms with van der Waals surface area (Å²) in [6, 6.07) is 0. The van der Waals surface area contributed by atoms with Gasteiger partial charge in [-0.15, -0.1) is 13.2 Å². The predicted octanol–water partition coefficient (Wildman–Crippen LogP) is 7.33. The summed E-state index contributed by atoms with van der Waals surface area (Å²) < 4.78 is 0. The third-order valence-electron chi connectivity index (χ3n) is 4.26. The Morgan fingerprint density at radius 2 is 1.67 bits per heavy atom. The van der Waals surface area contributed by atoms with Crippen LogP contribution in [0.3, 0.4) is 0 Å². The van der Waals surface area contributed by atoms with Gasteiger partial charge in [0.1, 0.15) is 0 Å². The van der Waals surface area contributed by atoms with Gasteiger partial charge in [0.15, 0.2) is 0 Å². The first-order valence-electron chi connectivity index (χ1n) is 8.90. The Kier molecular flexibility index (Phi) is 12.4. The lowest BCUT2D eigenvalue weighted by Crippen LogP contribution is -1.98. The molecule has 0 aliphatic heterocycles. The van der Waals surface area contributed by atoms with Crippen LogP contribution in [0.1, 0.15) is 79.1 Å². The van der Waals surface area contributed by atoms with E-state index in [0.717, 1.165) is 18.3 Å². The van der Waals surface area contributed by atoms with E-state index in [-0.39, 0.29) is 0 Å². The van der Waals surface area contributed by atoms with Gasteiger partial charge in [-0.2, -0.15) is 0 Å². The smallest absolute Gasteiger partial charge is 0.0265 e. The fraction of sp³-hybridized carbons (Fsp3) is 0.714. The van der Waals surface area contributed by atoms with Crippen LogP contribution in [0.2, 0.25) is 0 Å². The van der Waals surface area contributed by atoms with E-state index in [2.05, 4.69) is 53.0 Å². The molecule has 2 atom stereocenters. The molecule has 21 heavy (non-hydrogen) atoms. The summed E-state index contributed by atoms with van der Waals surface area (Å²) in [5.41, 5.74) is 1.69. The monoisotopic (exact) mass is 290 g/mol. The zero-order valence-electron chi connectivity index (χ0n) is 15.0. The molecule has 0 aromatic carbocycles. The Hall–Kier alpha value is -0.780. The molecule has 0 aliphatic carbocycles. The van der Waals surface area contributed by atoms with Crippen molar-refractivity contribution in [1.29, 1.82) is 0 Å². The fourth-order valence-electron chi connectivity index (χ4n) is 2.48. The topological polar surface area (TPSA) is 0 Å². The van der Waals surface area contributed by atoms with E-state index in [9.17, 15) is 0 Å². The van der Waals surface area contributed by atoms with Crippen molar-refractivity contribution in [3.63, 3.8) is 0 Å². The average Bonchev–Trinajstić information content (AvgIpc) is 2.46. The molecule has 0 radical (unpaired) electrons. The quantitative estimate of drug-likeness (QED) is 0.311. The van der Waals surface area contributed by atoms with Crippen LogP contribution >= 0.6 is 0 Å². The first kappa shape index (κ1) is 20.2. The summed E-state index contributed by atoms with van der Waals surface area (Å²) in [5, 5.41) is 0. The highest BCUT2D eigenvalue weighted by molar-refractivity contribution is 5.02. The van der Waals surface area contributed by atoms with Crippen LogP contribution in [0.4, 0.5) is 0 Å². The van der Waals surface area contributed by atoms with Gasteiger partial charge in [0, 0.05) is 0 Å². The van der Waals surface area contributed by atoms with Crippen LogP contribution < -0.4 is 0 Å². The molecule has 0 fully saturated rings. The van der Waals surface area contributed by atoms with E-state index in [4.69, 9.17) is 0 Å². The molecule has 2 unspecified atom stereocenters. The molecular formula is C21H38. The summed E-state index contributed by atoms with van der Waals surface area (Å²) in [5.74, 6) is 2.24. The molecule has 0 N–H and O–H groups in total. The molecule has 0 bridgehead atoms. The second-order valence-electron chi connectivity index (χ2n) is 7.11. The van der Waals surface area contributed by atoms with E-state index in [1.54, 1.807) is 5.57 Å². The molecule has 0 nitrogen and oxygen atoms in total. The van der Waals surface area contributed by atoms with E-state index >= 15 is 0 Å². The van der Waals surface area contributed by atoms with Crippen LogP contribution in [-0.2, 0) is 0 Å². The molecule has 0 spiro atoms.